The Morgan fingerprint density at radius 2 is 1.74 bits per heavy atom. The quantitative estimate of drug-likeness (QED) is 0.425. The average molecular weight is 534 g/mol. The van der Waals surface area contributed by atoms with Crippen LogP contribution in [0, 0.1) is 5.41 Å². The number of nitrogens with zero attached hydrogens (tertiary/aromatic N) is 2. The van der Waals surface area contributed by atoms with Gasteiger partial charge in [0.1, 0.15) is 11.5 Å². The lowest BCUT2D eigenvalue weighted by molar-refractivity contribution is -0.0603. The number of likely N-dealkylation sites (N-methyl/N-ethyl adjacent to an activating group) is 1. The van der Waals surface area contributed by atoms with E-state index in [4.69, 9.17) is 9.47 Å². The van der Waals surface area contributed by atoms with Crippen molar-refractivity contribution in [1.82, 2.24) is 15.2 Å². The van der Waals surface area contributed by atoms with E-state index in [0.717, 1.165) is 31.0 Å². The maximum absolute atomic E-state index is 12.6. The average Bonchev–Trinajstić information content (AvgIpc) is 3.06. The van der Waals surface area contributed by atoms with Gasteiger partial charge in [-0.1, -0.05) is 39.8 Å². The molecule has 1 fully saturated rings. The number of anilines is 2. The largest absolute Gasteiger partial charge is 0.494 e. The van der Waals surface area contributed by atoms with Gasteiger partial charge in [0.05, 0.1) is 18.8 Å². The summed E-state index contributed by atoms with van der Waals surface area (Å²) in [5, 5.41) is 8.56. The number of benzene rings is 1. The van der Waals surface area contributed by atoms with E-state index < -0.39 is 0 Å². The molecule has 0 saturated carbocycles. The first-order valence-electron chi connectivity index (χ1n) is 13.5. The minimum absolute atomic E-state index is 0.0343. The van der Waals surface area contributed by atoms with E-state index in [1.165, 1.54) is 0 Å². The minimum atomic E-state index is -0.356. The molecule has 1 aromatic heterocycles. The molecule has 1 unspecified atom stereocenters. The SMILES string of the molecule is CCN1CC(OCc2ccc(C(=O)Nc3ccc(NC(=O)NC4=CCC(C)OC(C(C)(C)C)=C4)cc3)nc2)C1. The molecule has 1 saturated heterocycles. The van der Waals surface area contributed by atoms with Gasteiger partial charge in [-0.3, -0.25) is 14.7 Å². The maximum Gasteiger partial charge on any atom is 0.323 e. The van der Waals surface area contributed by atoms with Crippen molar-refractivity contribution in [2.45, 2.75) is 59.9 Å². The molecule has 3 N–H and O–H groups in total. The number of likely N-dealkylation sites (tertiary alicyclic amines) is 1. The normalized spacial score (nSPS) is 18.1. The van der Waals surface area contributed by atoms with E-state index in [1.54, 1.807) is 36.5 Å². The van der Waals surface area contributed by atoms with Gasteiger partial charge in [-0.15, -0.1) is 0 Å². The van der Waals surface area contributed by atoms with Crippen molar-refractivity contribution in [2.75, 3.05) is 30.3 Å². The molecule has 2 aliphatic rings. The molecule has 0 spiro atoms. The van der Waals surface area contributed by atoms with Gasteiger partial charge in [0.2, 0.25) is 0 Å². The highest BCUT2D eigenvalue weighted by Crippen LogP contribution is 2.30. The molecule has 1 aromatic carbocycles. The molecule has 2 aromatic rings. The third-order valence-corrected chi connectivity index (χ3v) is 6.60. The lowest BCUT2D eigenvalue weighted by Gasteiger charge is -2.38. The first-order chi connectivity index (χ1) is 18.6. The molecule has 208 valence electrons. The van der Waals surface area contributed by atoms with Gasteiger partial charge in [-0.25, -0.2) is 4.79 Å². The summed E-state index contributed by atoms with van der Waals surface area (Å²) >= 11 is 0. The van der Waals surface area contributed by atoms with Crippen LogP contribution in [-0.4, -0.2) is 53.7 Å². The maximum atomic E-state index is 12.6. The second kappa shape index (κ2) is 12.4. The Labute approximate surface area is 230 Å². The Hall–Kier alpha value is -3.69. The zero-order chi connectivity index (χ0) is 28.0. The summed E-state index contributed by atoms with van der Waals surface area (Å²) in [5.41, 5.74) is 2.97. The van der Waals surface area contributed by atoms with E-state index in [9.17, 15) is 9.59 Å². The molecule has 9 nitrogen and oxygen atoms in total. The van der Waals surface area contributed by atoms with Crippen LogP contribution in [-0.2, 0) is 16.1 Å². The van der Waals surface area contributed by atoms with Gasteiger partial charge in [-0.2, -0.15) is 0 Å². The highest BCUT2D eigenvalue weighted by Gasteiger charge is 2.26. The second-order valence-electron chi connectivity index (χ2n) is 11.0. The summed E-state index contributed by atoms with van der Waals surface area (Å²) < 4.78 is 11.9. The number of amides is 3. The number of allylic oxidation sites excluding steroid dienone is 2. The Kier molecular flexibility index (Phi) is 9.04. The number of hydrogen-bond donors (Lipinski definition) is 3. The number of ether oxygens (including phenoxy) is 2. The van der Waals surface area contributed by atoms with Crippen LogP contribution in [0.15, 0.2) is 66.2 Å². The van der Waals surface area contributed by atoms with Crippen LogP contribution in [0.5, 0.6) is 0 Å². The molecule has 2 aliphatic heterocycles. The summed E-state index contributed by atoms with van der Waals surface area (Å²) in [5.74, 6) is 0.519. The zero-order valence-electron chi connectivity index (χ0n) is 23.4. The lowest BCUT2D eigenvalue weighted by atomic mass is 9.93. The summed E-state index contributed by atoms with van der Waals surface area (Å²) in [6.45, 7) is 13.8. The van der Waals surface area contributed by atoms with Gasteiger partial charge in [0.25, 0.3) is 5.91 Å². The third-order valence-electron chi connectivity index (χ3n) is 6.60. The predicted octanol–water partition coefficient (Wildman–Crippen LogP) is 5.30. The third kappa shape index (κ3) is 8.15. The molecule has 3 amide bonds. The number of carbonyl (C=O) groups is 2. The first-order valence-corrected chi connectivity index (χ1v) is 13.5. The van der Waals surface area contributed by atoms with Crippen LogP contribution in [0.2, 0.25) is 0 Å². The molecule has 3 heterocycles. The van der Waals surface area contributed by atoms with Crippen molar-refractivity contribution in [1.29, 1.82) is 0 Å². The zero-order valence-corrected chi connectivity index (χ0v) is 23.4. The van der Waals surface area contributed by atoms with Crippen LogP contribution >= 0.6 is 0 Å². The van der Waals surface area contributed by atoms with Crippen LogP contribution in [0.25, 0.3) is 0 Å². The van der Waals surface area contributed by atoms with Crippen LogP contribution < -0.4 is 16.0 Å². The van der Waals surface area contributed by atoms with E-state index in [1.807, 2.05) is 25.1 Å². The molecule has 0 radical (unpaired) electrons. The second-order valence-corrected chi connectivity index (χ2v) is 11.0. The lowest BCUT2D eigenvalue weighted by Crippen LogP contribution is -2.51. The fourth-order valence-electron chi connectivity index (χ4n) is 4.14. The van der Waals surface area contributed by atoms with E-state index >= 15 is 0 Å². The monoisotopic (exact) mass is 533 g/mol. The first kappa shape index (κ1) is 28.3. The number of nitrogens with one attached hydrogen (secondary N) is 3. The predicted molar refractivity (Wildman–Crippen MR) is 152 cm³/mol. The van der Waals surface area contributed by atoms with Crippen molar-refractivity contribution in [2.24, 2.45) is 5.41 Å². The van der Waals surface area contributed by atoms with E-state index in [0.29, 0.717) is 35.8 Å². The standard InChI is InChI=1S/C30H39N5O4/c1-6-35-17-25(18-35)38-19-21-8-14-26(31-16-21)28(36)32-22-10-12-23(13-11-22)33-29(37)34-24-9-7-20(2)39-27(15-24)30(3,4)5/h8-16,20,25H,6-7,17-19H2,1-5H3,(H,32,36)(H2,33,34,37). The van der Waals surface area contributed by atoms with Gasteiger partial charge < -0.3 is 25.4 Å². The number of pyridine rings is 1. The van der Waals surface area contributed by atoms with E-state index in [2.05, 4.69) is 53.5 Å². The van der Waals surface area contributed by atoms with Crippen molar-refractivity contribution in [3.05, 3.63) is 77.5 Å². The minimum Gasteiger partial charge on any atom is -0.494 e. The molecular weight excluding hydrogens is 494 g/mol. The van der Waals surface area contributed by atoms with Crippen molar-refractivity contribution >= 4 is 23.3 Å². The Bertz CT molecular complexity index is 1210. The Balaban J connectivity index is 1.26. The number of rotatable bonds is 8. The Morgan fingerprint density at radius 3 is 2.36 bits per heavy atom. The van der Waals surface area contributed by atoms with Gasteiger partial charge >= 0.3 is 6.03 Å². The van der Waals surface area contributed by atoms with E-state index in [-0.39, 0.29) is 29.6 Å². The Morgan fingerprint density at radius 1 is 1.05 bits per heavy atom. The van der Waals surface area contributed by atoms with Gasteiger partial charge in [0, 0.05) is 48.2 Å². The van der Waals surface area contributed by atoms with Crippen LogP contribution in [0.4, 0.5) is 16.2 Å². The number of urea groups is 1. The molecule has 39 heavy (non-hydrogen) atoms. The fraction of sp³-hybridized carbons (Fsp3) is 0.433. The number of aromatic nitrogens is 1. The molecule has 1 atom stereocenters. The van der Waals surface area contributed by atoms with Crippen molar-refractivity contribution in [3.63, 3.8) is 0 Å². The fourth-order valence-corrected chi connectivity index (χ4v) is 4.14. The number of hydrogen-bond acceptors (Lipinski definition) is 6. The van der Waals surface area contributed by atoms with Crippen LogP contribution in [0.1, 0.15) is 57.1 Å². The summed E-state index contributed by atoms with van der Waals surface area (Å²) in [7, 11) is 0. The summed E-state index contributed by atoms with van der Waals surface area (Å²) in [4.78, 5) is 31.9. The number of carbonyl (C=O) groups excluding carboxylic acids is 2. The van der Waals surface area contributed by atoms with Gasteiger partial charge in [-0.05, 0) is 55.4 Å². The highest BCUT2D eigenvalue weighted by molar-refractivity contribution is 6.03. The van der Waals surface area contributed by atoms with Crippen LogP contribution in [0.3, 0.4) is 0 Å². The smallest absolute Gasteiger partial charge is 0.323 e. The molecule has 0 aliphatic carbocycles. The van der Waals surface area contributed by atoms with Crippen molar-refractivity contribution in [3.8, 4) is 0 Å². The topological polar surface area (TPSA) is 105 Å². The summed E-state index contributed by atoms with van der Waals surface area (Å²) in [6.07, 6.45) is 6.51. The molecule has 4 rings (SSSR count). The van der Waals surface area contributed by atoms with Gasteiger partial charge in [0.15, 0.2) is 0 Å². The summed E-state index contributed by atoms with van der Waals surface area (Å²) in [6, 6.07) is 10.1. The molecule has 9 heteroatoms. The molecular formula is C30H39N5O4. The highest BCUT2D eigenvalue weighted by atomic mass is 16.5. The van der Waals surface area contributed by atoms with Crippen molar-refractivity contribution < 1.29 is 19.1 Å². The molecule has 0 bridgehead atoms.